The van der Waals surface area contributed by atoms with Crippen molar-refractivity contribution in [1.29, 1.82) is 0 Å². The molecule has 1 saturated carbocycles. The molecule has 1 fully saturated rings. The van der Waals surface area contributed by atoms with Gasteiger partial charge in [0.1, 0.15) is 11.4 Å². The second kappa shape index (κ2) is 9.19. The van der Waals surface area contributed by atoms with Crippen molar-refractivity contribution in [2.45, 2.75) is 44.4 Å². The zero-order valence-electron chi connectivity index (χ0n) is 18.0. The van der Waals surface area contributed by atoms with Gasteiger partial charge in [0.15, 0.2) is 0 Å². The summed E-state index contributed by atoms with van der Waals surface area (Å²) in [6.45, 7) is 2.88. The number of hydrogen-bond acceptors (Lipinski definition) is 4. The van der Waals surface area contributed by atoms with Crippen LogP contribution in [0.25, 0.3) is 16.5 Å². The number of hydrogen-bond donors (Lipinski definition) is 0. The highest BCUT2D eigenvalue weighted by Crippen LogP contribution is 2.33. The van der Waals surface area contributed by atoms with E-state index in [4.69, 9.17) is 4.42 Å². The monoisotopic (exact) mass is 414 g/mol. The SMILES string of the molecule is O=C(C1CCCC1)C(CCN1CC=C(c2cccc3occc23)CC1)c1ccccn1. The minimum absolute atomic E-state index is 0.0747. The molecular formula is C27H30N2O2. The van der Waals surface area contributed by atoms with Gasteiger partial charge in [-0.3, -0.25) is 14.7 Å². The number of carbonyl (C=O) groups excluding carboxylic acids is 1. The fourth-order valence-electron chi connectivity index (χ4n) is 5.26. The molecule has 1 aromatic carbocycles. The summed E-state index contributed by atoms with van der Waals surface area (Å²) < 4.78 is 5.57. The van der Waals surface area contributed by atoms with Crippen LogP contribution in [0, 0.1) is 5.92 Å². The quantitative estimate of drug-likeness (QED) is 0.486. The molecule has 0 radical (unpaired) electrons. The van der Waals surface area contributed by atoms with Crippen LogP contribution in [0.3, 0.4) is 0 Å². The van der Waals surface area contributed by atoms with Gasteiger partial charge in [-0.05, 0) is 67.6 Å². The van der Waals surface area contributed by atoms with Crippen LogP contribution >= 0.6 is 0 Å². The molecule has 0 spiro atoms. The Morgan fingerprint density at radius 3 is 2.81 bits per heavy atom. The highest BCUT2D eigenvalue weighted by molar-refractivity contribution is 5.91. The van der Waals surface area contributed by atoms with Crippen molar-refractivity contribution in [3.05, 3.63) is 72.3 Å². The van der Waals surface area contributed by atoms with Crippen molar-refractivity contribution < 1.29 is 9.21 Å². The number of fused-ring (bicyclic) bond motifs is 1. The van der Waals surface area contributed by atoms with Crippen LogP contribution in [0.5, 0.6) is 0 Å². The van der Waals surface area contributed by atoms with E-state index in [1.165, 1.54) is 29.4 Å². The largest absolute Gasteiger partial charge is 0.464 e. The number of furan rings is 1. The maximum absolute atomic E-state index is 13.3. The van der Waals surface area contributed by atoms with Crippen molar-refractivity contribution in [3.63, 3.8) is 0 Å². The lowest BCUT2D eigenvalue weighted by Crippen LogP contribution is -2.32. The van der Waals surface area contributed by atoms with Crippen molar-refractivity contribution in [1.82, 2.24) is 9.88 Å². The van der Waals surface area contributed by atoms with E-state index >= 15 is 0 Å². The first-order valence-corrected chi connectivity index (χ1v) is 11.6. The Bertz CT molecular complexity index is 1060. The lowest BCUT2D eigenvalue weighted by atomic mass is 9.86. The van der Waals surface area contributed by atoms with Gasteiger partial charge in [0, 0.05) is 30.6 Å². The predicted molar refractivity (Wildman–Crippen MR) is 124 cm³/mol. The van der Waals surface area contributed by atoms with E-state index in [9.17, 15) is 4.79 Å². The molecule has 1 aliphatic heterocycles. The average molecular weight is 415 g/mol. The summed E-state index contributed by atoms with van der Waals surface area (Å²) >= 11 is 0. The molecule has 5 rings (SSSR count). The highest BCUT2D eigenvalue weighted by Gasteiger charge is 2.31. The molecule has 31 heavy (non-hydrogen) atoms. The molecule has 160 valence electrons. The number of Topliss-reactive ketones (excluding diaryl/α,β-unsaturated/α-hetero) is 1. The number of carbonyl (C=O) groups is 1. The van der Waals surface area contributed by atoms with Crippen molar-refractivity contribution >= 4 is 22.3 Å². The maximum atomic E-state index is 13.3. The van der Waals surface area contributed by atoms with Gasteiger partial charge >= 0.3 is 0 Å². The van der Waals surface area contributed by atoms with Gasteiger partial charge in [-0.2, -0.15) is 0 Å². The third-order valence-corrected chi connectivity index (χ3v) is 7.01. The number of rotatable bonds is 7. The van der Waals surface area contributed by atoms with E-state index in [1.807, 2.05) is 30.5 Å². The van der Waals surface area contributed by atoms with Crippen LogP contribution in [-0.2, 0) is 4.79 Å². The van der Waals surface area contributed by atoms with Gasteiger partial charge in [0.25, 0.3) is 0 Å². The van der Waals surface area contributed by atoms with Gasteiger partial charge in [0.05, 0.1) is 17.9 Å². The zero-order valence-corrected chi connectivity index (χ0v) is 18.0. The van der Waals surface area contributed by atoms with Crippen LogP contribution in [0.2, 0.25) is 0 Å². The average Bonchev–Trinajstić information content (AvgIpc) is 3.52. The van der Waals surface area contributed by atoms with Crippen LogP contribution < -0.4 is 0 Å². The maximum Gasteiger partial charge on any atom is 0.145 e. The van der Waals surface area contributed by atoms with Crippen LogP contribution in [0.1, 0.15) is 55.7 Å². The number of nitrogens with zero attached hydrogens (tertiary/aromatic N) is 2. The first-order chi connectivity index (χ1) is 15.3. The topological polar surface area (TPSA) is 46.3 Å². The molecule has 3 heterocycles. The molecule has 0 bridgehead atoms. The Labute approximate surface area is 184 Å². The fraction of sp³-hybridized carbons (Fsp3) is 0.407. The number of aromatic nitrogens is 1. The van der Waals surface area contributed by atoms with Gasteiger partial charge in [0.2, 0.25) is 0 Å². The Morgan fingerprint density at radius 2 is 2.03 bits per heavy atom. The number of pyridine rings is 1. The summed E-state index contributed by atoms with van der Waals surface area (Å²) in [4.78, 5) is 20.3. The normalized spacial score (nSPS) is 18.9. The lowest BCUT2D eigenvalue weighted by Gasteiger charge is -2.28. The first-order valence-electron chi connectivity index (χ1n) is 11.6. The summed E-state index contributed by atoms with van der Waals surface area (Å²) in [7, 11) is 0. The van der Waals surface area contributed by atoms with Gasteiger partial charge in [-0.25, -0.2) is 0 Å². The second-order valence-electron chi connectivity index (χ2n) is 8.90. The molecule has 1 atom stereocenters. The van der Waals surface area contributed by atoms with Gasteiger partial charge < -0.3 is 4.42 Å². The van der Waals surface area contributed by atoms with Gasteiger partial charge in [-0.15, -0.1) is 0 Å². The third-order valence-electron chi connectivity index (χ3n) is 7.01. The Kier molecular flexibility index (Phi) is 5.99. The predicted octanol–water partition coefficient (Wildman–Crippen LogP) is 5.85. The van der Waals surface area contributed by atoms with Crippen molar-refractivity contribution in [2.75, 3.05) is 19.6 Å². The molecule has 1 unspecified atom stereocenters. The Morgan fingerprint density at radius 1 is 1.13 bits per heavy atom. The summed E-state index contributed by atoms with van der Waals surface area (Å²) in [5.41, 5.74) is 4.57. The Balaban J connectivity index is 1.26. The number of ketones is 1. The number of benzene rings is 1. The molecule has 3 aromatic rings. The summed E-state index contributed by atoms with van der Waals surface area (Å²) in [5.74, 6) is 0.570. The molecule has 2 aromatic heterocycles. The molecule has 1 aliphatic carbocycles. The van der Waals surface area contributed by atoms with Gasteiger partial charge in [-0.1, -0.05) is 37.1 Å². The summed E-state index contributed by atoms with van der Waals surface area (Å²) in [6, 6.07) is 14.3. The minimum Gasteiger partial charge on any atom is -0.464 e. The van der Waals surface area contributed by atoms with Crippen molar-refractivity contribution in [3.8, 4) is 0 Å². The summed E-state index contributed by atoms with van der Waals surface area (Å²) in [5, 5.41) is 1.19. The fourth-order valence-corrected chi connectivity index (χ4v) is 5.26. The second-order valence-corrected chi connectivity index (χ2v) is 8.90. The van der Waals surface area contributed by atoms with Crippen LogP contribution in [0.15, 0.2) is 65.4 Å². The van der Waals surface area contributed by atoms with E-state index in [0.717, 1.165) is 56.6 Å². The molecule has 0 amide bonds. The highest BCUT2D eigenvalue weighted by atomic mass is 16.3. The van der Waals surface area contributed by atoms with Crippen LogP contribution in [-0.4, -0.2) is 35.3 Å². The smallest absolute Gasteiger partial charge is 0.145 e. The molecule has 4 heteroatoms. The Hall–Kier alpha value is -2.72. The lowest BCUT2D eigenvalue weighted by molar-refractivity contribution is -0.124. The molecule has 2 aliphatic rings. The zero-order chi connectivity index (χ0) is 21.0. The van der Waals surface area contributed by atoms with Crippen LogP contribution in [0.4, 0.5) is 0 Å². The standard InChI is InChI=1S/C27H30N2O2/c30-27(21-6-1-2-7-21)24(25-9-3-4-15-28-25)13-18-29-16-11-20(12-17-29)22-8-5-10-26-23(22)14-19-31-26/h3-5,8-11,14-15,19,21,24H,1-2,6-7,12-13,16-18H2. The molecule has 0 N–H and O–H groups in total. The van der Waals surface area contributed by atoms with E-state index < -0.39 is 0 Å². The van der Waals surface area contributed by atoms with E-state index in [-0.39, 0.29) is 11.8 Å². The van der Waals surface area contributed by atoms with E-state index in [2.05, 4.69) is 34.2 Å². The first kappa shape index (κ1) is 20.2. The molecular weight excluding hydrogens is 384 g/mol. The third kappa shape index (κ3) is 4.35. The van der Waals surface area contributed by atoms with E-state index in [1.54, 1.807) is 6.26 Å². The minimum atomic E-state index is -0.0747. The summed E-state index contributed by atoms with van der Waals surface area (Å²) in [6.07, 6.45) is 12.3. The molecule has 0 saturated heterocycles. The van der Waals surface area contributed by atoms with Crippen molar-refractivity contribution in [2.24, 2.45) is 5.92 Å². The molecule has 4 nitrogen and oxygen atoms in total. The van der Waals surface area contributed by atoms with E-state index in [0.29, 0.717) is 5.78 Å².